The Kier molecular flexibility index (Phi) is 4.40. The number of aldehydes is 1. The Morgan fingerprint density at radius 3 is 2.53 bits per heavy atom. The van der Waals surface area contributed by atoms with Crippen molar-refractivity contribution >= 4 is 12.3 Å². The highest BCUT2D eigenvalue weighted by Gasteiger charge is 2.13. The zero-order valence-electron chi connectivity index (χ0n) is 10.5. The molecule has 0 bridgehead atoms. The van der Waals surface area contributed by atoms with Crippen LogP contribution >= 0.6 is 0 Å². The van der Waals surface area contributed by atoms with Crippen LogP contribution in [0.1, 0.15) is 20.7 Å². The normalized spacial score (nSPS) is 11.0. The minimum Gasteiger partial charge on any atom is -0.456 e. The first-order valence-electron chi connectivity index (χ1n) is 5.46. The van der Waals surface area contributed by atoms with Gasteiger partial charge >= 0.3 is 5.97 Å². The molecule has 4 heteroatoms. The van der Waals surface area contributed by atoms with Gasteiger partial charge in [0, 0.05) is 5.56 Å². The number of carbonyl (C=O) groups excluding carboxylic acids is 2. The lowest BCUT2D eigenvalue weighted by atomic mass is 10.1. The van der Waals surface area contributed by atoms with Gasteiger partial charge in [0.05, 0.1) is 26.7 Å². The fourth-order valence-corrected chi connectivity index (χ4v) is 1.28. The smallest absolute Gasteiger partial charge is 0.339 e. The molecular formula is C13H18NO3+. The number of benzene rings is 1. The molecule has 0 saturated carbocycles. The number of carbonyl (C=O) groups is 2. The Balaban J connectivity index is 2.61. The van der Waals surface area contributed by atoms with Crippen LogP contribution in [0.2, 0.25) is 0 Å². The Bertz CT molecular complexity index is 407. The maximum Gasteiger partial charge on any atom is 0.339 e. The van der Waals surface area contributed by atoms with E-state index in [1.165, 1.54) is 0 Å². The number of rotatable bonds is 5. The number of hydrogen-bond donors (Lipinski definition) is 0. The van der Waals surface area contributed by atoms with Crippen LogP contribution in [0, 0.1) is 0 Å². The summed E-state index contributed by atoms with van der Waals surface area (Å²) in [5.74, 6) is -0.443. The summed E-state index contributed by atoms with van der Waals surface area (Å²) in [6, 6.07) is 6.62. The molecule has 0 heterocycles. The summed E-state index contributed by atoms with van der Waals surface area (Å²) < 4.78 is 5.86. The van der Waals surface area contributed by atoms with Crippen LogP contribution in [-0.2, 0) is 4.74 Å². The minimum absolute atomic E-state index is 0.323. The van der Waals surface area contributed by atoms with Crippen molar-refractivity contribution in [2.24, 2.45) is 0 Å². The van der Waals surface area contributed by atoms with Crippen molar-refractivity contribution in [3.05, 3.63) is 35.4 Å². The van der Waals surface area contributed by atoms with Gasteiger partial charge < -0.3 is 9.22 Å². The highest BCUT2D eigenvalue weighted by molar-refractivity contribution is 5.98. The first-order chi connectivity index (χ1) is 7.94. The molecule has 0 aliphatic carbocycles. The molecular weight excluding hydrogens is 218 g/mol. The topological polar surface area (TPSA) is 43.4 Å². The SMILES string of the molecule is C[N+](C)(C)CCOC(=O)c1ccccc1C=O. The van der Waals surface area contributed by atoms with Gasteiger partial charge in [-0.1, -0.05) is 18.2 Å². The van der Waals surface area contributed by atoms with E-state index in [1.807, 2.05) is 21.1 Å². The number of quaternary nitrogens is 1. The molecule has 4 nitrogen and oxygen atoms in total. The second-order valence-corrected chi connectivity index (χ2v) is 4.85. The molecule has 0 amide bonds. The van der Waals surface area contributed by atoms with Crippen molar-refractivity contribution in [3.8, 4) is 0 Å². The van der Waals surface area contributed by atoms with E-state index in [-0.39, 0.29) is 0 Å². The highest BCUT2D eigenvalue weighted by Crippen LogP contribution is 2.08. The predicted molar refractivity (Wildman–Crippen MR) is 65.0 cm³/mol. The average Bonchev–Trinajstić information content (AvgIpc) is 2.27. The van der Waals surface area contributed by atoms with Crippen molar-refractivity contribution in [1.29, 1.82) is 0 Å². The van der Waals surface area contributed by atoms with Crippen molar-refractivity contribution in [1.82, 2.24) is 0 Å². The molecule has 1 aromatic rings. The van der Waals surface area contributed by atoms with Gasteiger partial charge in [0.1, 0.15) is 13.2 Å². The van der Waals surface area contributed by atoms with Crippen molar-refractivity contribution in [3.63, 3.8) is 0 Å². The Hall–Kier alpha value is -1.68. The second-order valence-electron chi connectivity index (χ2n) is 4.85. The lowest BCUT2D eigenvalue weighted by molar-refractivity contribution is -0.870. The summed E-state index contributed by atoms with van der Waals surface area (Å²) in [6.45, 7) is 1.07. The van der Waals surface area contributed by atoms with Gasteiger partial charge in [-0.2, -0.15) is 0 Å². The molecule has 17 heavy (non-hydrogen) atoms. The summed E-state index contributed by atoms with van der Waals surface area (Å²) >= 11 is 0. The van der Waals surface area contributed by atoms with E-state index < -0.39 is 5.97 Å². The van der Waals surface area contributed by atoms with Gasteiger partial charge in [0.2, 0.25) is 0 Å². The van der Waals surface area contributed by atoms with Gasteiger partial charge in [-0.05, 0) is 6.07 Å². The van der Waals surface area contributed by atoms with Gasteiger partial charge in [-0.15, -0.1) is 0 Å². The van der Waals surface area contributed by atoms with Gasteiger partial charge in [0.25, 0.3) is 0 Å². The maximum absolute atomic E-state index is 11.7. The maximum atomic E-state index is 11.7. The van der Waals surface area contributed by atoms with Gasteiger partial charge in [-0.3, -0.25) is 4.79 Å². The number of ether oxygens (including phenoxy) is 1. The van der Waals surface area contributed by atoms with Crippen LogP contribution in [0.15, 0.2) is 24.3 Å². The van der Waals surface area contributed by atoms with E-state index in [0.29, 0.717) is 24.0 Å². The Labute approximate surface area is 101 Å². The van der Waals surface area contributed by atoms with Crippen molar-refractivity contribution in [2.75, 3.05) is 34.3 Å². The molecule has 0 fully saturated rings. The van der Waals surface area contributed by atoms with E-state index in [1.54, 1.807) is 24.3 Å². The quantitative estimate of drug-likeness (QED) is 0.440. The molecule has 0 unspecified atom stereocenters. The predicted octanol–water partition coefficient (Wildman–Crippen LogP) is 1.36. The molecule has 0 radical (unpaired) electrons. The van der Waals surface area contributed by atoms with E-state index in [9.17, 15) is 9.59 Å². The van der Waals surface area contributed by atoms with E-state index in [2.05, 4.69) is 0 Å². The fraction of sp³-hybridized carbons (Fsp3) is 0.385. The van der Waals surface area contributed by atoms with Crippen LogP contribution in [-0.4, -0.2) is 51.0 Å². The standard InChI is InChI=1S/C13H18NO3/c1-14(2,3)8-9-17-13(16)12-7-5-4-6-11(12)10-15/h4-7,10H,8-9H2,1-3H3/q+1. The molecule has 0 aliphatic heterocycles. The molecule has 1 aromatic carbocycles. The number of nitrogens with zero attached hydrogens (tertiary/aromatic N) is 1. The van der Waals surface area contributed by atoms with E-state index >= 15 is 0 Å². The molecule has 0 spiro atoms. The number of esters is 1. The van der Waals surface area contributed by atoms with Crippen molar-refractivity contribution in [2.45, 2.75) is 0 Å². The summed E-state index contributed by atoms with van der Waals surface area (Å²) in [5.41, 5.74) is 0.687. The van der Waals surface area contributed by atoms with Gasteiger partial charge in [0.15, 0.2) is 6.29 Å². The fourth-order valence-electron chi connectivity index (χ4n) is 1.28. The average molecular weight is 236 g/mol. The van der Waals surface area contributed by atoms with Crippen LogP contribution in [0.3, 0.4) is 0 Å². The summed E-state index contributed by atoms with van der Waals surface area (Å²) in [6.07, 6.45) is 0.663. The Morgan fingerprint density at radius 1 is 1.29 bits per heavy atom. The monoisotopic (exact) mass is 236 g/mol. The summed E-state index contributed by atoms with van der Waals surface area (Å²) in [4.78, 5) is 22.5. The number of likely N-dealkylation sites (N-methyl/N-ethyl adjacent to an activating group) is 1. The van der Waals surface area contributed by atoms with Crippen molar-refractivity contribution < 1.29 is 18.8 Å². The van der Waals surface area contributed by atoms with Crippen LogP contribution in [0.5, 0.6) is 0 Å². The van der Waals surface area contributed by atoms with E-state index in [0.717, 1.165) is 11.0 Å². The highest BCUT2D eigenvalue weighted by atomic mass is 16.5. The molecule has 0 atom stereocenters. The summed E-state index contributed by atoms with van der Waals surface area (Å²) in [5, 5.41) is 0. The number of hydrogen-bond acceptors (Lipinski definition) is 3. The van der Waals surface area contributed by atoms with Crippen LogP contribution in [0.4, 0.5) is 0 Å². The van der Waals surface area contributed by atoms with Crippen LogP contribution in [0.25, 0.3) is 0 Å². The lowest BCUT2D eigenvalue weighted by Crippen LogP contribution is -2.38. The molecule has 0 saturated heterocycles. The zero-order chi connectivity index (χ0) is 12.9. The molecule has 0 aliphatic rings. The largest absolute Gasteiger partial charge is 0.456 e. The van der Waals surface area contributed by atoms with Crippen LogP contribution < -0.4 is 0 Å². The third-order valence-electron chi connectivity index (χ3n) is 2.30. The first-order valence-corrected chi connectivity index (χ1v) is 5.46. The zero-order valence-corrected chi connectivity index (χ0v) is 10.5. The minimum atomic E-state index is -0.443. The molecule has 0 N–H and O–H groups in total. The third kappa shape index (κ3) is 4.36. The molecule has 92 valence electrons. The third-order valence-corrected chi connectivity index (χ3v) is 2.30. The molecule has 1 rings (SSSR count). The first kappa shape index (κ1) is 13.4. The lowest BCUT2D eigenvalue weighted by Gasteiger charge is -2.23. The van der Waals surface area contributed by atoms with E-state index in [4.69, 9.17) is 4.74 Å². The van der Waals surface area contributed by atoms with Gasteiger partial charge in [-0.25, -0.2) is 4.79 Å². The Morgan fingerprint density at radius 2 is 1.94 bits per heavy atom. The molecule has 0 aromatic heterocycles. The summed E-state index contributed by atoms with van der Waals surface area (Å²) in [7, 11) is 6.06. The second kappa shape index (κ2) is 5.59.